The Balaban J connectivity index is 4.98. The molecule has 11 heteroatoms. The van der Waals surface area contributed by atoms with Gasteiger partial charge in [-0.2, -0.15) is 12.6 Å². The summed E-state index contributed by atoms with van der Waals surface area (Å²) in [7, 11) is 0. The smallest absolute Gasteiger partial charge is 0.326 e. The van der Waals surface area contributed by atoms with E-state index >= 15 is 0 Å². The molecule has 0 saturated carbocycles. The van der Waals surface area contributed by atoms with Crippen molar-refractivity contribution in [2.75, 3.05) is 12.4 Å². The van der Waals surface area contributed by atoms with Crippen LogP contribution < -0.4 is 21.7 Å². The van der Waals surface area contributed by atoms with Crippen LogP contribution in [0, 0.1) is 11.8 Å². The number of aliphatic hydroxyl groups excluding tert-OH is 1. The van der Waals surface area contributed by atoms with Gasteiger partial charge >= 0.3 is 5.97 Å². The van der Waals surface area contributed by atoms with Crippen molar-refractivity contribution < 1.29 is 29.4 Å². The normalized spacial score (nSPS) is 15.3. The zero-order chi connectivity index (χ0) is 22.7. The summed E-state index contributed by atoms with van der Waals surface area (Å²) in [6.45, 7) is 6.72. The van der Waals surface area contributed by atoms with Gasteiger partial charge in [0.2, 0.25) is 17.7 Å². The first-order valence-corrected chi connectivity index (χ1v) is 10.2. The van der Waals surface area contributed by atoms with Crippen LogP contribution in [0.25, 0.3) is 0 Å². The Morgan fingerprint density at radius 2 is 1.28 bits per heavy atom. The van der Waals surface area contributed by atoms with E-state index in [0.29, 0.717) is 6.42 Å². The molecule has 7 N–H and O–H groups in total. The predicted molar refractivity (Wildman–Crippen MR) is 111 cm³/mol. The summed E-state index contributed by atoms with van der Waals surface area (Å²) >= 11 is 4.02. The SMILES string of the molecule is CC(C)CC(N)C(=O)NC(CO)C(=O)NC(CS)C(=O)NC(CC(C)C)C(=O)O. The molecule has 0 spiro atoms. The Labute approximate surface area is 176 Å². The number of rotatable bonds is 13. The van der Waals surface area contributed by atoms with Crippen LogP contribution in [0.2, 0.25) is 0 Å². The fraction of sp³-hybridized carbons (Fsp3) is 0.778. The highest BCUT2D eigenvalue weighted by Crippen LogP contribution is 2.06. The first kappa shape index (κ1) is 27.1. The molecule has 0 aliphatic heterocycles. The van der Waals surface area contributed by atoms with Gasteiger partial charge in [-0.05, 0) is 24.7 Å². The number of aliphatic hydroxyl groups is 1. The molecule has 0 fully saturated rings. The summed E-state index contributed by atoms with van der Waals surface area (Å²) in [5.41, 5.74) is 5.76. The zero-order valence-corrected chi connectivity index (χ0v) is 18.2. The van der Waals surface area contributed by atoms with Gasteiger partial charge < -0.3 is 31.9 Å². The van der Waals surface area contributed by atoms with Crippen molar-refractivity contribution in [3.63, 3.8) is 0 Å². The van der Waals surface area contributed by atoms with Gasteiger partial charge in [0.15, 0.2) is 0 Å². The van der Waals surface area contributed by atoms with Gasteiger partial charge in [-0.15, -0.1) is 0 Å². The van der Waals surface area contributed by atoms with Crippen LogP contribution in [-0.4, -0.2) is 70.4 Å². The van der Waals surface area contributed by atoms with Crippen molar-refractivity contribution in [1.29, 1.82) is 0 Å². The van der Waals surface area contributed by atoms with E-state index in [4.69, 9.17) is 5.73 Å². The summed E-state index contributed by atoms with van der Waals surface area (Å²) in [6, 6.07) is -4.39. The fourth-order valence-corrected chi connectivity index (χ4v) is 2.78. The van der Waals surface area contributed by atoms with E-state index in [1.165, 1.54) is 0 Å². The van der Waals surface area contributed by atoms with Crippen molar-refractivity contribution in [1.82, 2.24) is 16.0 Å². The summed E-state index contributed by atoms with van der Waals surface area (Å²) < 4.78 is 0. The molecule has 0 aromatic rings. The quantitative estimate of drug-likeness (QED) is 0.180. The molecule has 0 aliphatic carbocycles. The number of nitrogens with one attached hydrogen (secondary N) is 3. The summed E-state index contributed by atoms with van der Waals surface area (Å²) in [6.07, 6.45) is 0.622. The highest BCUT2D eigenvalue weighted by Gasteiger charge is 2.29. The molecule has 4 atom stereocenters. The Kier molecular flexibility index (Phi) is 12.5. The molecular weight excluding hydrogens is 400 g/mol. The number of thiol groups is 1. The number of carbonyl (C=O) groups is 4. The van der Waals surface area contributed by atoms with Crippen LogP contribution in [0.15, 0.2) is 0 Å². The molecule has 0 rings (SSSR count). The molecule has 168 valence electrons. The predicted octanol–water partition coefficient (Wildman–Crippen LogP) is -1.13. The van der Waals surface area contributed by atoms with Gasteiger partial charge in [0.25, 0.3) is 0 Å². The lowest BCUT2D eigenvalue weighted by Crippen LogP contribution is -2.58. The minimum Gasteiger partial charge on any atom is -0.480 e. The average Bonchev–Trinajstić information content (AvgIpc) is 2.61. The average molecular weight is 435 g/mol. The number of aliphatic carboxylic acids is 1. The third kappa shape index (κ3) is 10.5. The van der Waals surface area contributed by atoms with Crippen LogP contribution in [0.5, 0.6) is 0 Å². The maximum atomic E-state index is 12.4. The maximum absolute atomic E-state index is 12.4. The molecule has 4 unspecified atom stereocenters. The van der Waals surface area contributed by atoms with E-state index in [1.54, 1.807) is 0 Å². The number of nitrogens with two attached hydrogens (primary N) is 1. The van der Waals surface area contributed by atoms with Gasteiger partial charge in [0.05, 0.1) is 12.6 Å². The zero-order valence-electron chi connectivity index (χ0n) is 17.3. The number of carbonyl (C=O) groups excluding carboxylic acids is 3. The first-order chi connectivity index (χ1) is 13.4. The van der Waals surface area contributed by atoms with Crippen LogP contribution in [0.3, 0.4) is 0 Å². The molecule has 29 heavy (non-hydrogen) atoms. The Morgan fingerprint density at radius 1 is 0.828 bits per heavy atom. The van der Waals surface area contributed by atoms with E-state index in [-0.39, 0.29) is 24.0 Å². The largest absolute Gasteiger partial charge is 0.480 e. The van der Waals surface area contributed by atoms with Gasteiger partial charge in [-0.3, -0.25) is 14.4 Å². The Bertz CT molecular complexity index is 573. The minimum absolute atomic E-state index is 0.0319. The van der Waals surface area contributed by atoms with E-state index in [0.717, 1.165) is 0 Å². The molecule has 0 aromatic carbocycles. The van der Waals surface area contributed by atoms with E-state index < -0.39 is 54.5 Å². The minimum atomic E-state index is -1.30. The standard InChI is InChI=1S/C18H34N4O6S/c1-9(2)5-11(19)15(24)21-13(7-23)16(25)22-14(8-29)17(26)20-12(18(27)28)6-10(3)4/h9-14,23,29H,5-8,19H2,1-4H3,(H,20,26)(H,21,24)(H,22,25)(H,27,28). The highest BCUT2D eigenvalue weighted by molar-refractivity contribution is 7.80. The van der Waals surface area contributed by atoms with Crippen molar-refractivity contribution in [2.45, 2.75) is 64.7 Å². The second-order valence-electron chi connectivity index (χ2n) is 7.75. The molecule has 3 amide bonds. The molecular formula is C18H34N4O6S. The van der Waals surface area contributed by atoms with E-state index in [1.807, 2.05) is 27.7 Å². The van der Waals surface area contributed by atoms with Gasteiger partial charge in [0.1, 0.15) is 18.1 Å². The molecule has 0 radical (unpaired) electrons. The Morgan fingerprint density at radius 3 is 1.69 bits per heavy atom. The fourth-order valence-electron chi connectivity index (χ4n) is 2.52. The van der Waals surface area contributed by atoms with Crippen molar-refractivity contribution in [3.05, 3.63) is 0 Å². The van der Waals surface area contributed by atoms with Gasteiger partial charge in [-0.1, -0.05) is 27.7 Å². The molecule has 0 aliphatic rings. The molecule has 10 nitrogen and oxygen atoms in total. The van der Waals surface area contributed by atoms with Gasteiger partial charge in [0, 0.05) is 5.75 Å². The van der Waals surface area contributed by atoms with E-state index in [9.17, 15) is 29.4 Å². The summed E-state index contributed by atoms with van der Waals surface area (Å²) in [4.78, 5) is 48.1. The molecule has 0 saturated heterocycles. The van der Waals surface area contributed by atoms with Gasteiger partial charge in [-0.25, -0.2) is 4.79 Å². The monoisotopic (exact) mass is 434 g/mol. The van der Waals surface area contributed by atoms with Crippen LogP contribution in [-0.2, 0) is 19.2 Å². The lowest BCUT2D eigenvalue weighted by molar-refractivity contribution is -0.142. The maximum Gasteiger partial charge on any atom is 0.326 e. The van der Waals surface area contributed by atoms with Crippen LogP contribution in [0.1, 0.15) is 40.5 Å². The second kappa shape index (κ2) is 13.4. The van der Waals surface area contributed by atoms with Crippen LogP contribution in [0.4, 0.5) is 0 Å². The lowest BCUT2D eigenvalue weighted by Gasteiger charge is -2.24. The third-order valence-corrected chi connectivity index (χ3v) is 4.38. The number of amides is 3. The second-order valence-corrected chi connectivity index (χ2v) is 8.12. The Hall–Kier alpha value is -1.85. The van der Waals surface area contributed by atoms with Crippen molar-refractivity contribution >= 4 is 36.3 Å². The molecule has 0 heterocycles. The number of carboxylic acid groups (broad SMARTS) is 1. The third-order valence-electron chi connectivity index (χ3n) is 4.01. The highest BCUT2D eigenvalue weighted by atomic mass is 32.1. The first-order valence-electron chi connectivity index (χ1n) is 9.54. The van der Waals surface area contributed by atoms with Crippen LogP contribution >= 0.6 is 12.6 Å². The number of carboxylic acids is 1. The molecule has 0 bridgehead atoms. The number of hydrogen-bond acceptors (Lipinski definition) is 7. The van der Waals surface area contributed by atoms with Crippen molar-refractivity contribution in [3.8, 4) is 0 Å². The van der Waals surface area contributed by atoms with E-state index in [2.05, 4.69) is 28.6 Å². The number of hydrogen-bond donors (Lipinski definition) is 7. The summed E-state index contributed by atoms with van der Waals surface area (Å²) in [5, 5.41) is 25.8. The lowest BCUT2D eigenvalue weighted by atomic mass is 10.0. The topological polar surface area (TPSA) is 171 Å². The molecule has 0 aromatic heterocycles. The summed E-state index contributed by atoms with van der Waals surface area (Å²) in [5.74, 6) is -3.21. The van der Waals surface area contributed by atoms with Crippen molar-refractivity contribution in [2.24, 2.45) is 17.6 Å².